The van der Waals surface area contributed by atoms with Gasteiger partial charge in [-0.05, 0) is 31.2 Å². The normalized spacial score (nSPS) is 22.9. The lowest BCUT2D eigenvalue weighted by atomic mass is 9.91. The number of hydrogen-bond acceptors (Lipinski definition) is 5. The van der Waals surface area contributed by atoms with E-state index in [1.807, 2.05) is 13.1 Å². The summed E-state index contributed by atoms with van der Waals surface area (Å²) in [5, 5.41) is 4.15. The summed E-state index contributed by atoms with van der Waals surface area (Å²) in [5.74, 6) is 5.96. The van der Waals surface area contributed by atoms with Crippen LogP contribution in [0.1, 0.15) is 31.0 Å². The van der Waals surface area contributed by atoms with Gasteiger partial charge in [0.15, 0.2) is 0 Å². The minimum atomic E-state index is -3.10. The first kappa shape index (κ1) is 15.4. The number of aromatic nitrogens is 2. The van der Waals surface area contributed by atoms with Gasteiger partial charge < -0.3 is 0 Å². The van der Waals surface area contributed by atoms with Crippen LogP contribution >= 0.6 is 0 Å². The van der Waals surface area contributed by atoms with Gasteiger partial charge in [0.1, 0.15) is 0 Å². The number of sulfonamides is 1. The number of nitrogens with zero attached hydrogens (tertiary/aromatic N) is 3. The minimum Gasteiger partial charge on any atom is -0.271 e. The van der Waals surface area contributed by atoms with E-state index in [1.165, 1.54) is 6.26 Å². The van der Waals surface area contributed by atoms with Gasteiger partial charge in [0.2, 0.25) is 10.0 Å². The Morgan fingerprint density at radius 3 is 2.90 bits per heavy atom. The molecule has 1 aromatic heterocycles. The van der Waals surface area contributed by atoms with Gasteiger partial charge in [-0.15, -0.1) is 0 Å². The smallest absolute Gasteiger partial charge is 0.211 e. The van der Waals surface area contributed by atoms with Gasteiger partial charge in [0.25, 0.3) is 0 Å². The molecule has 2 heterocycles. The number of nitrogens with two attached hydrogens (primary N) is 1. The summed E-state index contributed by atoms with van der Waals surface area (Å²) in [5.41, 5.74) is 3.83. The topological polar surface area (TPSA) is 93.2 Å². The fraction of sp³-hybridized carbons (Fsp3) is 0.750. The van der Waals surface area contributed by atoms with Crippen LogP contribution in [0.5, 0.6) is 0 Å². The van der Waals surface area contributed by atoms with E-state index >= 15 is 0 Å². The Labute approximate surface area is 120 Å². The second-order valence-electron chi connectivity index (χ2n) is 5.46. The molecule has 1 aromatic rings. The van der Waals surface area contributed by atoms with Crippen molar-refractivity contribution in [3.63, 3.8) is 0 Å². The summed E-state index contributed by atoms with van der Waals surface area (Å²) in [7, 11) is -1.22. The van der Waals surface area contributed by atoms with E-state index in [2.05, 4.69) is 10.5 Å². The van der Waals surface area contributed by atoms with Crippen LogP contribution in [0.4, 0.5) is 0 Å². The zero-order valence-corrected chi connectivity index (χ0v) is 12.8. The van der Waals surface area contributed by atoms with Crippen LogP contribution in [0, 0.1) is 5.92 Å². The van der Waals surface area contributed by atoms with Crippen LogP contribution in [0.25, 0.3) is 0 Å². The Kier molecular flexibility index (Phi) is 4.79. The lowest BCUT2D eigenvalue weighted by molar-refractivity contribution is 0.236. The fourth-order valence-corrected chi connectivity index (χ4v) is 3.80. The fourth-order valence-electron chi connectivity index (χ4n) is 2.85. The molecule has 0 saturated carbocycles. The van der Waals surface area contributed by atoms with Crippen LogP contribution < -0.4 is 11.3 Å². The maximum Gasteiger partial charge on any atom is 0.211 e. The number of hydrazine groups is 1. The molecular formula is C12H23N5O2S. The first-order valence-electron chi connectivity index (χ1n) is 6.81. The highest BCUT2D eigenvalue weighted by Crippen LogP contribution is 2.27. The zero-order chi connectivity index (χ0) is 14.8. The molecule has 8 heteroatoms. The zero-order valence-electron chi connectivity index (χ0n) is 12.0. The van der Waals surface area contributed by atoms with Gasteiger partial charge in [-0.1, -0.05) is 0 Å². The number of piperidine rings is 1. The summed E-state index contributed by atoms with van der Waals surface area (Å²) in [6.07, 6.45) is 5.75. The van der Waals surface area contributed by atoms with Crippen molar-refractivity contribution in [1.82, 2.24) is 19.5 Å². The largest absolute Gasteiger partial charge is 0.271 e. The van der Waals surface area contributed by atoms with Crippen molar-refractivity contribution < 1.29 is 8.42 Å². The Bertz CT molecular complexity index is 542. The van der Waals surface area contributed by atoms with E-state index in [4.69, 9.17) is 5.84 Å². The van der Waals surface area contributed by atoms with Crippen molar-refractivity contribution in [3.8, 4) is 0 Å². The standard InChI is InChI=1S/C12H23N5O2S/c1-16-12(5-6-14-16)11(15-13)8-10-4-3-7-17(9-10)20(2,18)19/h5-6,10-11,15H,3-4,7-9,13H2,1-2H3. The average molecular weight is 301 g/mol. The van der Waals surface area contributed by atoms with Gasteiger partial charge in [-0.2, -0.15) is 5.10 Å². The van der Waals surface area contributed by atoms with E-state index in [9.17, 15) is 8.42 Å². The SMILES string of the molecule is Cn1nccc1C(CC1CCCN(S(C)(=O)=O)C1)NN. The molecule has 0 aromatic carbocycles. The van der Waals surface area contributed by atoms with Gasteiger partial charge in [0, 0.05) is 26.3 Å². The molecule has 0 bridgehead atoms. The second-order valence-corrected chi connectivity index (χ2v) is 7.45. The molecule has 0 spiro atoms. The van der Waals surface area contributed by atoms with Gasteiger partial charge >= 0.3 is 0 Å². The Morgan fingerprint density at radius 1 is 1.60 bits per heavy atom. The van der Waals surface area contributed by atoms with E-state index in [0.29, 0.717) is 19.0 Å². The number of aryl methyl sites for hydroxylation is 1. The first-order valence-corrected chi connectivity index (χ1v) is 8.65. The van der Waals surface area contributed by atoms with E-state index in [0.717, 1.165) is 25.0 Å². The summed E-state index contributed by atoms with van der Waals surface area (Å²) in [4.78, 5) is 0. The molecular weight excluding hydrogens is 278 g/mol. The van der Waals surface area contributed by atoms with E-state index in [-0.39, 0.29) is 6.04 Å². The average Bonchev–Trinajstić information content (AvgIpc) is 2.81. The summed E-state index contributed by atoms with van der Waals surface area (Å²) < 4.78 is 26.6. The van der Waals surface area contributed by atoms with Crippen LogP contribution in [-0.4, -0.2) is 41.8 Å². The molecule has 0 aliphatic carbocycles. The second kappa shape index (κ2) is 6.21. The monoisotopic (exact) mass is 301 g/mol. The lowest BCUT2D eigenvalue weighted by Crippen LogP contribution is -2.41. The molecule has 114 valence electrons. The van der Waals surface area contributed by atoms with Gasteiger partial charge in [-0.3, -0.25) is 16.0 Å². The minimum absolute atomic E-state index is 0.00740. The van der Waals surface area contributed by atoms with Gasteiger partial charge in [0.05, 0.1) is 18.0 Å². The van der Waals surface area contributed by atoms with Crippen molar-refractivity contribution in [1.29, 1.82) is 0 Å². The molecule has 0 amide bonds. The third-order valence-corrected chi connectivity index (χ3v) is 5.21. The van der Waals surface area contributed by atoms with E-state index in [1.54, 1.807) is 15.2 Å². The molecule has 2 atom stereocenters. The molecule has 7 nitrogen and oxygen atoms in total. The molecule has 2 unspecified atom stereocenters. The maximum atomic E-state index is 11.6. The third kappa shape index (κ3) is 3.57. The highest BCUT2D eigenvalue weighted by Gasteiger charge is 2.28. The summed E-state index contributed by atoms with van der Waals surface area (Å²) >= 11 is 0. The molecule has 20 heavy (non-hydrogen) atoms. The first-order chi connectivity index (χ1) is 9.41. The van der Waals surface area contributed by atoms with Crippen LogP contribution in [0.3, 0.4) is 0 Å². The molecule has 1 saturated heterocycles. The highest BCUT2D eigenvalue weighted by atomic mass is 32.2. The number of nitrogens with one attached hydrogen (secondary N) is 1. The molecule has 0 radical (unpaired) electrons. The van der Waals surface area contributed by atoms with Crippen LogP contribution in [0.15, 0.2) is 12.3 Å². The maximum absolute atomic E-state index is 11.6. The predicted octanol–water partition coefficient (Wildman–Crippen LogP) is -0.0138. The Hall–Kier alpha value is -0.960. The van der Waals surface area contributed by atoms with Crippen molar-refractivity contribution in [2.45, 2.75) is 25.3 Å². The third-order valence-electron chi connectivity index (χ3n) is 3.94. The molecule has 1 fully saturated rings. The summed E-state index contributed by atoms with van der Waals surface area (Å²) in [6, 6.07) is 1.92. The molecule has 2 rings (SSSR count). The number of rotatable bonds is 5. The van der Waals surface area contributed by atoms with Crippen LogP contribution in [0.2, 0.25) is 0 Å². The molecule has 3 N–H and O–H groups in total. The summed E-state index contributed by atoms with van der Waals surface area (Å²) in [6.45, 7) is 1.20. The quantitative estimate of drug-likeness (QED) is 0.589. The van der Waals surface area contributed by atoms with Crippen molar-refractivity contribution in [3.05, 3.63) is 18.0 Å². The van der Waals surface area contributed by atoms with Crippen LogP contribution in [-0.2, 0) is 17.1 Å². The molecule has 1 aliphatic heterocycles. The van der Waals surface area contributed by atoms with Crippen molar-refractivity contribution in [2.75, 3.05) is 19.3 Å². The Balaban J connectivity index is 2.03. The Morgan fingerprint density at radius 2 is 2.35 bits per heavy atom. The molecule has 1 aliphatic rings. The lowest BCUT2D eigenvalue weighted by Gasteiger charge is -2.32. The van der Waals surface area contributed by atoms with E-state index < -0.39 is 10.0 Å². The highest BCUT2D eigenvalue weighted by molar-refractivity contribution is 7.88. The number of hydrogen-bond donors (Lipinski definition) is 2. The van der Waals surface area contributed by atoms with Gasteiger partial charge in [-0.25, -0.2) is 12.7 Å². The van der Waals surface area contributed by atoms with Crippen molar-refractivity contribution >= 4 is 10.0 Å². The predicted molar refractivity (Wildman–Crippen MR) is 77.0 cm³/mol. The van der Waals surface area contributed by atoms with Crippen molar-refractivity contribution in [2.24, 2.45) is 18.8 Å².